The van der Waals surface area contributed by atoms with E-state index in [0.717, 1.165) is 6.92 Å². The van der Waals surface area contributed by atoms with Crippen molar-refractivity contribution in [3.8, 4) is 0 Å². The summed E-state index contributed by atoms with van der Waals surface area (Å²) in [5.74, 6) is -0.481. The van der Waals surface area contributed by atoms with Crippen LogP contribution in [-0.2, 0) is 51.9 Å². The summed E-state index contributed by atoms with van der Waals surface area (Å²) < 4.78 is 0. The maximum Gasteiger partial charge on any atom is 0 e. The summed E-state index contributed by atoms with van der Waals surface area (Å²) >= 11 is 9.54. The normalized spacial score (nSPS) is 5.52. The minimum atomic E-state index is -0.833. The molecule has 0 aromatic carbocycles. The van der Waals surface area contributed by atoms with Crippen molar-refractivity contribution in [3.63, 3.8) is 0 Å². The molecule has 0 heterocycles. The Morgan fingerprint density at radius 2 is 0.833 bits per heavy atom. The second kappa shape index (κ2) is 153. The molecule has 42 heavy (non-hydrogen) atoms. The number of nitrogens with two attached hydrogens (primary N) is 1. The van der Waals surface area contributed by atoms with Gasteiger partial charge in [-0.05, 0) is 42.2 Å². The number of carboxylic acid groups (broad SMARTS) is 1. The molecule has 0 aromatic rings. The van der Waals surface area contributed by atoms with Crippen molar-refractivity contribution in [1.29, 1.82) is 0 Å². The number of Topliss-reactive ketones (excluding diaryl/α,β-unsaturated/α-hetero) is 1. The van der Waals surface area contributed by atoms with E-state index < -0.39 is 5.97 Å². The molecule has 10 nitrogen and oxygen atoms in total. The second-order valence-corrected chi connectivity index (χ2v) is 21.1. The van der Waals surface area contributed by atoms with Gasteiger partial charge in [0.2, 0.25) is 11.8 Å². The molecule has 271 valence electrons. The standard InChI is InChI=1S/C4H9NO.C4H8O.C3H7NO.2C2H7N.C2H4O2.3C2H6.CH5N.CH3.I3.I2.HI.Y/c1-4(6)5(2)3;1-3-4(2)5;1-3(5)4-2;2*1-3-2;1-2(3)4;4*1-2;;1-3-2;1-2;;/h1-3H3;3H2,1-2H3;1-2H3,(H,4,5);2*3H,1-2H3;1H3,(H,3,4);3*1-2H3;2H2,1H3;1H3;;;1H;/q;;;;;;;;;;2*-1;;;. The SMILES string of the molecule is CC.CC.CC.CC(=O)N(C)C.CC(=O)O.CCC(C)=O.CN.CNC.CNC.CNC(C)=O.I.II.I[I-]I.[CH3-].[Y]. The minimum Gasteiger partial charge on any atom is -0.358 e. The van der Waals surface area contributed by atoms with Gasteiger partial charge in [-0.15, -0.1) is 24.0 Å². The molecule has 0 aliphatic rings. The van der Waals surface area contributed by atoms with Crippen LogP contribution in [0.1, 0.15) is 82.6 Å². The van der Waals surface area contributed by atoms with Gasteiger partial charge in [0.05, 0.1) is 0 Å². The number of hydrogen-bond donors (Lipinski definition) is 5. The van der Waals surface area contributed by atoms with E-state index in [1.165, 1.54) is 25.8 Å². The molecule has 0 saturated heterocycles. The minimum absolute atomic E-state index is 0. The van der Waals surface area contributed by atoms with Gasteiger partial charge in [-0.1, -0.05) is 48.5 Å². The molecule has 0 atom stereocenters. The molecule has 0 rings (SSSR count). The number of nitrogens with zero attached hydrogens (tertiary/aromatic N) is 1. The van der Waals surface area contributed by atoms with Gasteiger partial charge in [0, 0.05) is 118 Å². The first-order chi connectivity index (χ1) is 18.2. The van der Waals surface area contributed by atoms with Gasteiger partial charge >= 0.3 is 50.5 Å². The Hall–Kier alpha value is 3.44. The van der Waals surface area contributed by atoms with Crippen molar-refractivity contribution in [2.45, 2.75) is 82.6 Å². The monoisotopic (exact) mass is 1370 g/mol. The van der Waals surface area contributed by atoms with E-state index in [2.05, 4.69) is 96.1 Å². The molecule has 1 radical (unpaired) electrons. The number of carbonyl (C=O) groups is 4. The van der Waals surface area contributed by atoms with E-state index in [1.54, 1.807) is 28.1 Å². The van der Waals surface area contributed by atoms with Crippen molar-refractivity contribution in [2.24, 2.45) is 5.73 Å². The zero-order valence-corrected chi connectivity index (χ0v) is 46.1. The molecule has 0 aliphatic carbocycles. The van der Waals surface area contributed by atoms with E-state index in [-0.39, 0.29) is 81.7 Å². The molecule has 0 aliphatic heterocycles. The Labute approximate surface area is 359 Å². The molecule has 0 unspecified atom stereocenters. The van der Waals surface area contributed by atoms with Gasteiger partial charge in [-0.25, -0.2) is 0 Å². The Morgan fingerprint density at radius 1 is 0.762 bits per heavy atom. The van der Waals surface area contributed by atoms with Crippen LogP contribution in [0.4, 0.5) is 0 Å². The molecular formula is C25H69I6N5O5Y-2. The fourth-order valence-electron chi connectivity index (χ4n) is 0. The van der Waals surface area contributed by atoms with Crippen molar-refractivity contribution >= 4 is 122 Å². The quantitative estimate of drug-likeness (QED) is 0.185. The van der Waals surface area contributed by atoms with Gasteiger partial charge in [-0.2, -0.15) is 0 Å². The van der Waals surface area contributed by atoms with Gasteiger partial charge in [0.1, 0.15) is 5.78 Å². The maximum absolute atomic E-state index is 10.1. The average Bonchev–Trinajstić information content (AvgIpc) is 2.91. The van der Waals surface area contributed by atoms with E-state index in [9.17, 15) is 14.4 Å². The summed E-state index contributed by atoms with van der Waals surface area (Å²) in [5.41, 5.74) is 4.50. The van der Waals surface area contributed by atoms with Crippen LogP contribution >= 0.6 is 98.4 Å². The molecule has 0 aromatic heterocycles. The summed E-state index contributed by atoms with van der Waals surface area (Å²) in [6.45, 7) is 19.5. The van der Waals surface area contributed by atoms with Crippen LogP contribution in [0, 0.1) is 7.43 Å². The number of rotatable bonds is 1. The molecule has 17 heteroatoms. The molecule has 0 saturated carbocycles. The number of ketones is 1. The van der Waals surface area contributed by atoms with Crippen LogP contribution in [0.3, 0.4) is 0 Å². The van der Waals surface area contributed by atoms with Gasteiger partial charge < -0.3 is 43.9 Å². The van der Waals surface area contributed by atoms with Crippen molar-refractivity contribution in [2.75, 3.05) is 56.4 Å². The molecular weight excluding hydrogens is 1300 g/mol. The Balaban J connectivity index is -0.0000000148. The molecule has 0 bridgehead atoms. The Bertz CT molecular complexity index is 351. The first kappa shape index (κ1) is 96.8. The van der Waals surface area contributed by atoms with Crippen LogP contribution < -0.4 is 34.9 Å². The predicted molar refractivity (Wildman–Crippen MR) is 230 cm³/mol. The number of carboxylic acids is 1. The number of halogens is 6. The third kappa shape index (κ3) is 598. The summed E-state index contributed by atoms with van der Waals surface area (Å²) in [6.07, 6.45) is 0.667. The number of amides is 2. The van der Waals surface area contributed by atoms with Crippen LogP contribution in [-0.4, -0.2) is 90.0 Å². The van der Waals surface area contributed by atoms with E-state index in [1.807, 2.05) is 76.7 Å². The van der Waals surface area contributed by atoms with Gasteiger partial charge in [-0.3, -0.25) is 14.4 Å². The van der Waals surface area contributed by atoms with Crippen LogP contribution in [0.2, 0.25) is 0 Å². The number of nitrogens with one attached hydrogen (secondary N) is 3. The van der Waals surface area contributed by atoms with E-state index in [4.69, 9.17) is 9.90 Å². The summed E-state index contributed by atoms with van der Waals surface area (Å²) in [6, 6.07) is 0. The van der Waals surface area contributed by atoms with E-state index >= 15 is 0 Å². The smallest absolute Gasteiger partial charge is 0 e. The van der Waals surface area contributed by atoms with Crippen molar-refractivity contribution < 1.29 is 70.2 Å². The van der Waals surface area contributed by atoms with Gasteiger partial charge in [0.15, 0.2) is 0 Å². The topological polar surface area (TPSA) is 154 Å². The maximum atomic E-state index is 10.1. The van der Waals surface area contributed by atoms with Crippen LogP contribution in [0.5, 0.6) is 0 Å². The summed E-state index contributed by atoms with van der Waals surface area (Å²) in [7, 11) is 14.0. The second-order valence-electron chi connectivity index (χ2n) is 4.85. The largest absolute Gasteiger partial charge is 0.358 e. The predicted octanol–water partition coefficient (Wildman–Crippen LogP) is 4.86. The number of carbonyl (C=O) groups excluding carboxylic acids is 3. The van der Waals surface area contributed by atoms with Crippen LogP contribution in [0.25, 0.3) is 0 Å². The zero-order valence-electron chi connectivity index (χ0n) is 30.2. The van der Waals surface area contributed by atoms with Crippen molar-refractivity contribution in [1.82, 2.24) is 20.9 Å². The van der Waals surface area contributed by atoms with Gasteiger partial charge in [0.25, 0.3) is 5.97 Å². The Morgan fingerprint density at radius 3 is 0.833 bits per heavy atom. The van der Waals surface area contributed by atoms with E-state index in [0.29, 0.717) is 19.7 Å². The average molecular weight is 1370 g/mol. The Kier molecular flexibility index (Phi) is 352. The zero-order chi connectivity index (χ0) is 35.4. The van der Waals surface area contributed by atoms with Crippen LogP contribution in [0.15, 0.2) is 0 Å². The first-order valence-corrected chi connectivity index (χ1v) is 30.8. The molecule has 2 amide bonds. The molecule has 0 spiro atoms. The molecule has 0 fully saturated rings. The fourth-order valence-corrected chi connectivity index (χ4v) is 0. The fraction of sp³-hybridized carbons (Fsp3) is 0.800. The summed E-state index contributed by atoms with van der Waals surface area (Å²) in [4.78, 5) is 40.1. The number of aliphatic carboxylic acids is 1. The third-order valence-electron chi connectivity index (χ3n) is 1.48. The first-order valence-electron chi connectivity index (χ1n) is 12.0. The number of hydrogen-bond acceptors (Lipinski definition) is 7. The third-order valence-corrected chi connectivity index (χ3v) is 1.48. The molecule has 6 N–H and O–H groups in total. The van der Waals surface area contributed by atoms with Crippen molar-refractivity contribution in [3.05, 3.63) is 7.43 Å². The summed E-state index contributed by atoms with van der Waals surface area (Å²) in [5, 5.41) is 15.3.